The highest BCUT2D eigenvalue weighted by Crippen LogP contribution is 2.33. The van der Waals surface area contributed by atoms with E-state index in [2.05, 4.69) is 0 Å². The van der Waals surface area contributed by atoms with E-state index >= 15 is 0 Å². The normalized spacial score (nSPS) is 10.7. The zero-order chi connectivity index (χ0) is 14.1. The van der Waals surface area contributed by atoms with Crippen molar-refractivity contribution >= 4 is 37.9 Å². The van der Waals surface area contributed by atoms with Crippen LogP contribution < -0.4 is 9.47 Å². The van der Waals surface area contributed by atoms with Gasteiger partial charge in [0.1, 0.15) is 11.5 Å². The van der Waals surface area contributed by atoms with Gasteiger partial charge in [-0.3, -0.25) is 4.79 Å². The minimum atomic E-state index is -0.0332. The molecule has 3 rings (SSSR count). The topological polar surface area (TPSA) is 35.5 Å². The van der Waals surface area contributed by atoms with Gasteiger partial charge in [0.15, 0.2) is 0 Å². The minimum Gasteiger partial charge on any atom is -0.497 e. The van der Waals surface area contributed by atoms with Crippen molar-refractivity contribution in [2.24, 2.45) is 0 Å². The molecule has 3 aromatic rings. The summed E-state index contributed by atoms with van der Waals surface area (Å²) in [5.74, 6) is 1.18. The number of thiophene rings is 2. The molecule has 5 heteroatoms. The zero-order valence-electron chi connectivity index (χ0n) is 11.0. The standard InChI is InChI=1S/C15H12O3S2/c1-17-9-3-4-11(18-2)10(7-9)15(16)14-8-13-12(20-14)5-6-19-13/h3-8H,1-2H3. The van der Waals surface area contributed by atoms with Gasteiger partial charge in [-0.25, -0.2) is 0 Å². The Kier molecular flexibility index (Phi) is 3.46. The highest BCUT2D eigenvalue weighted by atomic mass is 32.1. The Morgan fingerprint density at radius 2 is 1.90 bits per heavy atom. The van der Waals surface area contributed by atoms with Crippen LogP contribution in [0.25, 0.3) is 9.40 Å². The van der Waals surface area contributed by atoms with Gasteiger partial charge in [-0.15, -0.1) is 22.7 Å². The Morgan fingerprint density at radius 3 is 2.60 bits per heavy atom. The van der Waals surface area contributed by atoms with E-state index in [1.165, 1.54) is 11.3 Å². The lowest BCUT2D eigenvalue weighted by Gasteiger charge is -2.08. The van der Waals surface area contributed by atoms with Gasteiger partial charge in [-0.05, 0) is 35.7 Å². The molecule has 0 atom stereocenters. The summed E-state index contributed by atoms with van der Waals surface area (Å²) in [7, 11) is 3.14. The van der Waals surface area contributed by atoms with Crippen molar-refractivity contribution in [1.82, 2.24) is 0 Å². The van der Waals surface area contributed by atoms with Gasteiger partial charge in [0.25, 0.3) is 0 Å². The molecule has 0 fully saturated rings. The zero-order valence-corrected chi connectivity index (χ0v) is 12.6. The summed E-state index contributed by atoms with van der Waals surface area (Å²) in [6.45, 7) is 0. The van der Waals surface area contributed by atoms with Crippen LogP contribution in [0.15, 0.2) is 35.7 Å². The van der Waals surface area contributed by atoms with Crippen LogP contribution >= 0.6 is 22.7 Å². The van der Waals surface area contributed by atoms with Crippen molar-refractivity contribution in [1.29, 1.82) is 0 Å². The van der Waals surface area contributed by atoms with E-state index in [4.69, 9.17) is 9.47 Å². The van der Waals surface area contributed by atoms with Crippen molar-refractivity contribution < 1.29 is 14.3 Å². The van der Waals surface area contributed by atoms with Crippen molar-refractivity contribution in [3.8, 4) is 11.5 Å². The molecule has 102 valence electrons. The van der Waals surface area contributed by atoms with E-state index in [1.807, 2.05) is 17.5 Å². The summed E-state index contributed by atoms with van der Waals surface area (Å²) in [6.07, 6.45) is 0. The number of ether oxygens (including phenoxy) is 2. The SMILES string of the molecule is COc1ccc(OC)c(C(=O)c2cc3sccc3s2)c1. The summed E-state index contributed by atoms with van der Waals surface area (Å²) in [5, 5.41) is 2.03. The third-order valence-corrected chi connectivity index (χ3v) is 5.11. The molecule has 0 radical (unpaired) electrons. The number of benzene rings is 1. The van der Waals surface area contributed by atoms with E-state index in [0.29, 0.717) is 17.1 Å². The van der Waals surface area contributed by atoms with Gasteiger partial charge in [0.2, 0.25) is 5.78 Å². The maximum Gasteiger partial charge on any atom is 0.206 e. The Labute approximate surface area is 124 Å². The number of carbonyl (C=O) groups is 1. The molecule has 0 unspecified atom stereocenters. The van der Waals surface area contributed by atoms with E-state index in [9.17, 15) is 4.79 Å². The lowest BCUT2D eigenvalue weighted by atomic mass is 10.1. The van der Waals surface area contributed by atoms with Crippen molar-refractivity contribution in [2.75, 3.05) is 14.2 Å². The molecule has 0 saturated carbocycles. The lowest BCUT2D eigenvalue weighted by molar-refractivity contribution is 0.103. The van der Waals surface area contributed by atoms with E-state index in [0.717, 1.165) is 14.3 Å². The first-order chi connectivity index (χ1) is 9.72. The highest BCUT2D eigenvalue weighted by molar-refractivity contribution is 7.28. The number of methoxy groups -OCH3 is 2. The quantitative estimate of drug-likeness (QED) is 0.677. The molecule has 0 aliphatic heterocycles. The Morgan fingerprint density at radius 1 is 1.05 bits per heavy atom. The first kappa shape index (κ1) is 13.1. The molecule has 0 N–H and O–H groups in total. The molecule has 2 aromatic heterocycles. The van der Waals surface area contributed by atoms with Crippen molar-refractivity contribution in [3.05, 3.63) is 46.2 Å². The van der Waals surface area contributed by atoms with Gasteiger partial charge < -0.3 is 9.47 Å². The lowest BCUT2D eigenvalue weighted by Crippen LogP contribution is -2.02. The molecule has 0 saturated heterocycles. The number of fused-ring (bicyclic) bond motifs is 1. The number of carbonyl (C=O) groups excluding carboxylic acids is 1. The Hall–Kier alpha value is -1.85. The van der Waals surface area contributed by atoms with Crippen molar-refractivity contribution in [2.45, 2.75) is 0 Å². The van der Waals surface area contributed by atoms with Crippen LogP contribution in [0, 0.1) is 0 Å². The van der Waals surface area contributed by atoms with Gasteiger partial charge in [-0.2, -0.15) is 0 Å². The van der Waals surface area contributed by atoms with Crippen molar-refractivity contribution in [3.63, 3.8) is 0 Å². The fraction of sp³-hybridized carbons (Fsp3) is 0.133. The first-order valence-electron chi connectivity index (χ1n) is 5.96. The second-order valence-corrected chi connectivity index (χ2v) is 6.19. The Bertz CT molecular complexity index is 742. The van der Waals surface area contributed by atoms with Gasteiger partial charge in [0.05, 0.1) is 24.7 Å². The summed E-state index contributed by atoms with van der Waals surface area (Å²) < 4.78 is 12.7. The van der Waals surface area contributed by atoms with E-state index in [1.54, 1.807) is 43.8 Å². The molecule has 0 aliphatic carbocycles. The van der Waals surface area contributed by atoms with Crippen LogP contribution in [0.3, 0.4) is 0 Å². The maximum atomic E-state index is 12.6. The second kappa shape index (κ2) is 5.26. The molecule has 0 spiro atoms. The Balaban J connectivity index is 2.06. The molecule has 0 amide bonds. The largest absolute Gasteiger partial charge is 0.497 e. The predicted octanol–water partition coefficient (Wildman–Crippen LogP) is 4.21. The first-order valence-corrected chi connectivity index (χ1v) is 7.66. The van der Waals surface area contributed by atoms with Crippen LogP contribution in [0.2, 0.25) is 0 Å². The van der Waals surface area contributed by atoms with Gasteiger partial charge >= 0.3 is 0 Å². The molecule has 20 heavy (non-hydrogen) atoms. The van der Waals surface area contributed by atoms with Crippen LogP contribution in [0.4, 0.5) is 0 Å². The molecule has 0 bridgehead atoms. The second-order valence-electron chi connectivity index (χ2n) is 4.16. The van der Waals surface area contributed by atoms with E-state index < -0.39 is 0 Å². The summed E-state index contributed by atoms with van der Waals surface area (Å²) in [6, 6.07) is 9.22. The molecular formula is C15H12O3S2. The minimum absolute atomic E-state index is 0.0332. The van der Waals surface area contributed by atoms with E-state index in [-0.39, 0.29) is 5.78 Å². The highest BCUT2D eigenvalue weighted by Gasteiger charge is 2.18. The van der Waals surface area contributed by atoms with Crippen LogP contribution in [0.5, 0.6) is 11.5 Å². The summed E-state index contributed by atoms with van der Waals surface area (Å²) in [4.78, 5) is 13.4. The molecule has 0 aliphatic rings. The van der Waals surface area contributed by atoms with Gasteiger partial charge in [0, 0.05) is 9.40 Å². The average Bonchev–Trinajstić information content (AvgIpc) is 3.07. The van der Waals surface area contributed by atoms with Gasteiger partial charge in [-0.1, -0.05) is 0 Å². The molecule has 3 nitrogen and oxygen atoms in total. The summed E-state index contributed by atoms with van der Waals surface area (Å²) in [5.41, 5.74) is 0.528. The monoisotopic (exact) mass is 304 g/mol. The van der Waals surface area contributed by atoms with Crippen LogP contribution in [0.1, 0.15) is 15.2 Å². The fourth-order valence-electron chi connectivity index (χ4n) is 2.00. The number of rotatable bonds is 4. The summed E-state index contributed by atoms with van der Waals surface area (Å²) >= 11 is 3.14. The average molecular weight is 304 g/mol. The number of ketones is 1. The fourth-order valence-corrected chi connectivity index (χ4v) is 4.06. The van der Waals surface area contributed by atoms with Crippen LogP contribution in [-0.4, -0.2) is 20.0 Å². The third-order valence-electron chi connectivity index (χ3n) is 3.01. The molecular weight excluding hydrogens is 292 g/mol. The number of hydrogen-bond donors (Lipinski definition) is 0. The molecule has 2 heterocycles. The predicted molar refractivity (Wildman–Crippen MR) is 82.7 cm³/mol. The molecule has 1 aromatic carbocycles. The third kappa shape index (κ3) is 2.19. The van der Waals surface area contributed by atoms with Crippen LogP contribution in [-0.2, 0) is 0 Å². The number of hydrogen-bond acceptors (Lipinski definition) is 5. The smallest absolute Gasteiger partial charge is 0.206 e. The maximum absolute atomic E-state index is 12.6.